The Morgan fingerprint density at radius 1 is 1.23 bits per heavy atom. The fourth-order valence-electron chi connectivity index (χ4n) is 1.65. The lowest BCUT2D eigenvalue weighted by Gasteiger charge is -2.04. The maximum Gasteiger partial charge on any atom is 0.230 e. The number of hydrogen-bond acceptors (Lipinski definition) is 5. The smallest absolute Gasteiger partial charge is 0.230 e. The largest absolute Gasteiger partial charge is 0.383 e. The number of rotatable bonds is 7. The van der Waals surface area contributed by atoms with Gasteiger partial charge in [0.2, 0.25) is 5.91 Å². The average Bonchev–Trinajstić information content (AvgIpc) is 2.54. The third-order valence-electron chi connectivity index (χ3n) is 2.76. The monoisotopic (exact) mass is 321 g/mol. The summed E-state index contributed by atoms with van der Waals surface area (Å²) in [7, 11) is 1.58. The van der Waals surface area contributed by atoms with Crippen molar-refractivity contribution < 1.29 is 13.9 Å². The van der Waals surface area contributed by atoms with Crippen molar-refractivity contribution in [2.75, 3.05) is 26.0 Å². The van der Waals surface area contributed by atoms with Gasteiger partial charge in [-0.3, -0.25) is 4.79 Å². The number of carbonyl (C=O) groups is 1. The van der Waals surface area contributed by atoms with E-state index in [-0.39, 0.29) is 17.5 Å². The van der Waals surface area contributed by atoms with Crippen molar-refractivity contribution in [3.8, 4) is 11.3 Å². The number of halogens is 1. The molecule has 0 saturated heterocycles. The zero-order chi connectivity index (χ0) is 15.8. The number of amides is 1. The molecule has 0 aliphatic rings. The molecule has 0 spiro atoms. The summed E-state index contributed by atoms with van der Waals surface area (Å²) >= 11 is 1.31. The van der Waals surface area contributed by atoms with Gasteiger partial charge in [-0.2, -0.15) is 0 Å². The minimum Gasteiger partial charge on any atom is -0.383 e. The summed E-state index contributed by atoms with van der Waals surface area (Å²) in [4.78, 5) is 11.5. The van der Waals surface area contributed by atoms with Crippen LogP contribution in [-0.4, -0.2) is 42.1 Å². The zero-order valence-electron chi connectivity index (χ0n) is 12.1. The van der Waals surface area contributed by atoms with Gasteiger partial charge >= 0.3 is 0 Å². The molecule has 116 valence electrons. The molecular weight excluding hydrogens is 305 g/mol. The molecule has 22 heavy (non-hydrogen) atoms. The van der Waals surface area contributed by atoms with Crippen molar-refractivity contribution in [1.29, 1.82) is 0 Å². The summed E-state index contributed by atoms with van der Waals surface area (Å²) in [5.41, 5.74) is 1.46. The highest BCUT2D eigenvalue weighted by Gasteiger charge is 2.05. The first kappa shape index (κ1) is 16.4. The third kappa shape index (κ3) is 5.09. The molecule has 0 aliphatic heterocycles. The van der Waals surface area contributed by atoms with E-state index in [0.717, 1.165) is 5.56 Å². The average molecular weight is 321 g/mol. The van der Waals surface area contributed by atoms with Gasteiger partial charge in [-0.15, -0.1) is 10.2 Å². The molecule has 7 heteroatoms. The molecule has 2 rings (SSSR count). The third-order valence-corrected chi connectivity index (χ3v) is 3.68. The van der Waals surface area contributed by atoms with E-state index < -0.39 is 0 Å². The normalized spacial score (nSPS) is 10.5. The summed E-state index contributed by atoms with van der Waals surface area (Å²) in [6.07, 6.45) is 0. The van der Waals surface area contributed by atoms with E-state index in [1.54, 1.807) is 31.4 Å². The summed E-state index contributed by atoms with van der Waals surface area (Å²) < 4.78 is 17.7. The van der Waals surface area contributed by atoms with Crippen molar-refractivity contribution in [3.05, 3.63) is 42.2 Å². The van der Waals surface area contributed by atoms with E-state index in [9.17, 15) is 9.18 Å². The number of nitrogens with one attached hydrogen (secondary N) is 1. The van der Waals surface area contributed by atoms with Gasteiger partial charge in [0.05, 0.1) is 18.1 Å². The van der Waals surface area contributed by atoms with Crippen molar-refractivity contribution in [2.45, 2.75) is 5.03 Å². The number of hydrogen-bond donors (Lipinski definition) is 1. The van der Waals surface area contributed by atoms with Crippen LogP contribution < -0.4 is 5.32 Å². The van der Waals surface area contributed by atoms with Gasteiger partial charge in [0, 0.05) is 19.2 Å². The Kier molecular flexibility index (Phi) is 6.29. The molecule has 5 nitrogen and oxygen atoms in total. The van der Waals surface area contributed by atoms with Crippen LogP contribution in [0.3, 0.4) is 0 Å². The summed E-state index contributed by atoms with van der Waals surface area (Å²) in [6.45, 7) is 0.980. The van der Waals surface area contributed by atoms with Crippen LogP contribution in [0, 0.1) is 5.82 Å². The Bertz CT molecular complexity index is 605. The zero-order valence-corrected chi connectivity index (χ0v) is 12.9. The molecule has 0 saturated carbocycles. The quantitative estimate of drug-likeness (QED) is 0.625. The molecule has 0 aliphatic carbocycles. The second-order valence-corrected chi connectivity index (χ2v) is 5.39. The van der Waals surface area contributed by atoms with Gasteiger partial charge in [-0.25, -0.2) is 4.39 Å². The molecule has 1 heterocycles. The lowest BCUT2D eigenvalue weighted by atomic mass is 10.1. The fraction of sp³-hybridized carbons (Fsp3) is 0.267. The molecule has 2 aromatic rings. The van der Waals surface area contributed by atoms with Gasteiger partial charge < -0.3 is 10.1 Å². The first-order valence-corrected chi connectivity index (χ1v) is 7.65. The highest BCUT2D eigenvalue weighted by molar-refractivity contribution is 7.99. The molecule has 1 amide bonds. The fourth-order valence-corrected chi connectivity index (χ4v) is 2.30. The predicted octanol–water partition coefficient (Wildman–Crippen LogP) is 2.14. The highest BCUT2D eigenvalue weighted by atomic mass is 32.2. The van der Waals surface area contributed by atoms with Crippen LogP contribution in [0.4, 0.5) is 4.39 Å². The van der Waals surface area contributed by atoms with Crippen LogP contribution in [0.15, 0.2) is 41.4 Å². The van der Waals surface area contributed by atoms with Crippen LogP contribution in [-0.2, 0) is 9.53 Å². The summed E-state index contributed by atoms with van der Waals surface area (Å²) in [5, 5.41) is 11.5. The first-order chi connectivity index (χ1) is 10.7. The van der Waals surface area contributed by atoms with Crippen LogP contribution >= 0.6 is 11.8 Å². The molecule has 1 N–H and O–H groups in total. The number of benzene rings is 1. The second kappa shape index (κ2) is 8.45. The van der Waals surface area contributed by atoms with E-state index in [1.165, 1.54) is 23.9 Å². The molecule has 0 radical (unpaired) electrons. The molecule has 0 fully saturated rings. The molecule has 0 bridgehead atoms. The van der Waals surface area contributed by atoms with Crippen LogP contribution in [0.25, 0.3) is 11.3 Å². The number of ether oxygens (including phenoxy) is 1. The van der Waals surface area contributed by atoms with Gasteiger partial charge in [0.1, 0.15) is 10.8 Å². The van der Waals surface area contributed by atoms with E-state index in [1.807, 2.05) is 0 Å². The van der Waals surface area contributed by atoms with Crippen molar-refractivity contribution in [3.63, 3.8) is 0 Å². The summed E-state index contributed by atoms with van der Waals surface area (Å²) in [6, 6.07) is 9.64. The molecule has 0 atom stereocenters. The van der Waals surface area contributed by atoms with E-state index >= 15 is 0 Å². The number of nitrogens with zero attached hydrogens (tertiary/aromatic N) is 2. The number of aromatic nitrogens is 2. The number of methoxy groups -OCH3 is 1. The standard InChI is InChI=1S/C15H16FN3O2S/c1-21-9-8-17-14(20)10-22-15-7-6-13(18-19-15)11-2-4-12(16)5-3-11/h2-7H,8-10H2,1H3,(H,17,20). The summed E-state index contributed by atoms with van der Waals surface area (Å²) in [5.74, 6) is -0.0938. The maximum absolute atomic E-state index is 12.9. The van der Waals surface area contributed by atoms with Gasteiger partial charge in [0.25, 0.3) is 0 Å². The minimum absolute atomic E-state index is 0.0774. The van der Waals surface area contributed by atoms with E-state index in [2.05, 4.69) is 15.5 Å². The SMILES string of the molecule is COCCNC(=O)CSc1ccc(-c2ccc(F)cc2)nn1. The topological polar surface area (TPSA) is 64.1 Å². The van der Waals surface area contributed by atoms with Crippen molar-refractivity contribution in [2.24, 2.45) is 0 Å². The molecule has 0 unspecified atom stereocenters. The lowest BCUT2D eigenvalue weighted by molar-refractivity contribution is -0.118. The van der Waals surface area contributed by atoms with Crippen LogP contribution in [0.1, 0.15) is 0 Å². The minimum atomic E-state index is -0.289. The predicted molar refractivity (Wildman–Crippen MR) is 83.0 cm³/mol. The molecule has 1 aromatic heterocycles. The highest BCUT2D eigenvalue weighted by Crippen LogP contribution is 2.19. The van der Waals surface area contributed by atoms with E-state index in [0.29, 0.717) is 23.9 Å². The Hall–Kier alpha value is -1.99. The molecular formula is C15H16FN3O2S. The van der Waals surface area contributed by atoms with Crippen LogP contribution in [0.2, 0.25) is 0 Å². The Morgan fingerprint density at radius 2 is 2.00 bits per heavy atom. The lowest BCUT2D eigenvalue weighted by Crippen LogP contribution is -2.28. The first-order valence-electron chi connectivity index (χ1n) is 6.67. The van der Waals surface area contributed by atoms with Gasteiger partial charge in [0.15, 0.2) is 0 Å². The van der Waals surface area contributed by atoms with Gasteiger partial charge in [-0.1, -0.05) is 11.8 Å². The number of thioether (sulfide) groups is 1. The Labute approximate surface area is 132 Å². The molecule has 1 aromatic carbocycles. The van der Waals surface area contributed by atoms with Crippen molar-refractivity contribution >= 4 is 17.7 Å². The van der Waals surface area contributed by atoms with Crippen LogP contribution in [0.5, 0.6) is 0 Å². The Balaban J connectivity index is 1.86. The van der Waals surface area contributed by atoms with Crippen molar-refractivity contribution in [1.82, 2.24) is 15.5 Å². The van der Waals surface area contributed by atoms with Gasteiger partial charge in [-0.05, 0) is 36.4 Å². The number of carbonyl (C=O) groups excluding carboxylic acids is 1. The Morgan fingerprint density at radius 3 is 2.64 bits per heavy atom. The second-order valence-electron chi connectivity index (χ2n) is 4.40. The maximum atomic E-state index is 12.9. The van der Waals surface area contributed by atoms with E-state index in [4.69, 9.17) is 4.74 Å².